The van der Waals surface area contributed by atoms with Crippen molar-refractivity contribution in [2.45, 2.75) is 37.5 Å². The van der Waals surface area contributed by atoms with Gasteiger partial charge in [-0.2, -0.15) is 10.2 Å². The number of nitrogens with zero attached hydrogens (tertiary/aromatic N) is 5. The molecule has 1 aliphatic heterocycles. The molecule has 0 spiro atoms. The quantitative estimate of drug-likeness (QED) is 0.752. The summed E-state index contributed by atoms with van der Waals surface area (Å²) >= 11 is 0. The van der Waals surface area contributed by atoms with Gasteiger partial charge in [0, 0.05) is 19.8 Å². The smallest absolute Gasteiger partial charge is 0.233 e. The summed E-state index contributed by atoms with van der Waals surface area (Å²) in [6, 6.07) is 13.8. The van der Waals surface area contributed by atoms with Crippen LogP contribution in [0, 0.1) is 0 Å². The Balaban J connectivity index is 1.37. The van der Waals surface area contributed by atoms with Gasteiger partial charge in [-0.1, -0.05) is 30.3 Å². The van der Waals surface area contributed by atoms with E-state index in [1.165, 1.54) is 0 Å². The largest absolute Gasteiger partial charge is 0.380 e. The van der Waals surface area contributed by atoms with Crippen molar-refractivity contribution in [1.82, 2.24) is 24.5 Å². The lowest BCUT2D eigenvalue weighted by molar-refractivity contribution is -0.135. The lowest BCUT2D eigenvalue weighted by Gasteiger charge is -2.31. The van der Waals surface area contributed by atoms with Crippen molar-refractivity contribution in [3.63, 3.8) is 0 Å². The number of aryl methyl sites for hydroxylation is 1. The number of carbonyl (C=O) groups excluding carboxylic acids is 1. The Labute approximate surface area is 163 Å². The Morgan fingerprint density at radius 2 is 1.96 bits per heavy atom. The maximum absolute atomic E-state index is 13.3. The molecule has 1 saturated carbocycles. The molecule has 5 rings (SSSR count). The summed E-state index contributed by atoms with van der Waals surface area (Å²) in [6.07, 6.45) is 2.66. The summed E-state index contributed by atoms with van der Waals surface area (Å²) in [5.74, 6) is 0.208. The number of amides is 1. The van der Waals surface area contributed by atoms with Crippen LogP contribution in [0.25, 0.3) is 0 Å². The second kappa shape index (κ2) is 6.31. The van der Waals surface area contributed by atoms with Crippen LogP contribution in [0.1, 0.15) is 41.6 Å². The van der Waals surface area contributed by atoms with Gasteiger partial charge in [-0.25, -0.2) is 0 Å². The highest BCUT2D eigenvalue weighted by Crippen LogP contribution is 2.49. The third-order valence-corrected chi connectivity index (χ3v) is 6.01. The van der Waals surface area contributed by atoms with E-state index in [1.807, 2.05) is 33.8 Å². The average molecular weight is 377 g/mol. The van der Waals surface area contributed by atoms with E-state index in [0.717, 1.165) is 24.1 Å². The highest BCUT2D eigenvalue weighted by atomic mass is 16.3. The molecule has 3 aromatic rings. The number of carbonyl (C=O) groups is 1. The molecule has 1 amide bonds. The van der Waals surface area contributed by atoms with Crippen LogP contribution in [0.4, 0.5) is 0 Å². The first kappa shape index (κ1) is 17.2. The molecule has 1 N–H and O–H groups in total. The van der Waals surface area contributed by atoms with E-state index in [9.17, 15) is 9.90 Å². The van der Waals surface area contributed by atoms with E-state index >= 15 is 0 Å². The molecule has 7 nitrogen and oxygen atoms in total. The van der Waals surface area contributed by atoms with Crippen molar-refractivity contribution in [3.05, 3.63) is 71.3 Å². The fraction of sp³-hybridized carbons (Fsp3) is 0.381. The first-order valence-electron chi connectivity index (χ1n) is 9.66. The van der Waals surface area contributed by atoms with Gasteiger partial charge in [0.05, 0.1) is 35.6 Å². The van der Waals surface area contributed by atoms with Crippen LogP contribution in [0.2, 0.25) is 0 Å². The van der Waals surface area contributed by atoms with Crippen LogP contribution in [-0.2, 0) is 30.3 Å². The second-order valence-corrected chi connectivity index (χ2v) is 7.74. The van der Waals surface area contributed by atoms with Crippen molar-refractivity contribution < 1.29 is 9.90 Å². The molecule has 2 aliphatic rings. The summed E-state index contributed by atoms with van der Waals surface area (Å²) in [5.41, 5.74) is 3.02. The zero-order valence-corrected chi connectivity index (χ0v) is 15.8. The lowest BCUT2D eigenvalue weighted by Crippen LogP contribution is -2.43. The molecular formula is C21H23N5O2. The molecule has 28 heavy (non-hydrogen) atoms. The number of hydrogen-bond donors (Lipinski definition) is 1. The Morgan fingerprint density at radius 1 is 1.18 bits per heavy atom. The third kappa shape index (κ3) is 2.65. The van der Waals surface area contributed by atoms with E-state index in [-0.39, 0.29) is 11.3 Å². The maximum Gasteiger partial charge on any atom is 0.233 e. The van der Waals surface area contributed by atoms with Gasteiger partial charge in [-0.15, -0.1) is 0 Å². The van der Waals surface area contributed by atoms with Crippen LogP contribution < -0.4 is 0 Å². The van der Waals surface area contributed by atoms with Crippen LogP contribution in [-0.4, -0.2) is 42.0 Å². The van der Waals surface area contributed by atoms with Gasteiger partial charge >= 0.3 is 0 Å². The van der Waals surface area contributed by atoms with E-state index in [1.54, 1.807) is 24.0 Å². The van der Waals surface area contributed by atoms with Crippen molar-refractivity contribution in [2.24, 2.45) is 7.05 Å². The number of rotatable bonds is 4. The average Bonchev–Trinajstić information content (AvgIpc) is 3.25. The summed E-state index contributed by atoms with van der Waals surface area (Å²) in [6.45, 7) is 1.81. The van der Waals surface area contributed by atoms with Crippen molar-refractivity contribution in [2.75, 3.05) is 6.54 Å². The van der Waals surface area contributed by atoms with Gasteiger partial charge < -0.3 is 10.0 Å². The molecule has 0 bridgehead atoms. The molecule has 1 aliphatic carbocycles. The molecule has 1 atom stereocenters. The Kier molecular flexibility index (Phi) is 3.87. The number of hydrogen-bond acceptors (Lipinski definition) is 4. The maximum atomic E-state index is 13.3. The van der Waals surface area contributed by atoms with E-state index in [4.69, 9.17) is 0 Å². The fourth-order valence-corrected chi connectivity index (χ4v) is 4.21. The molecule has 0 radical (unpaired) electrons. The van der Waals surface area contributed by atoms with Gasteiger partial charge in [0.2, 0.25) is 5.91 Å². The first-order valence-corrected chi connectivity index (χ1v) is 9.66. The normalized spacial score (nSPS) is 18.6. The van der Waals surface area contributed by atoms with Gasteiger partial charge in [0.1, 0.15) is 6.10 Å². The first-order chi connectivity index (χ1) is 13.6. The molecule has 1 aromatic carbocycles. The van der Waals surface area contributed by atoms with Crippen LogP contribution in [0.3, 0.4) is 0 Å². The van der Waals surface area contributed by atoms with Gasteiger partial charge in [-0.3, -0.25) is 14.2 Å². The van der Waals surface area contributed by atoms with E-state index in [2.05, 4.69) is 22.3 Å². The Bertz CT molecular complexity index is 1020. The van der Waals surface area contributed by atoms with Crippen molar-refractivity contribution >= 4 is 5.91 Å². The number of fused-ring (bicyclic) bond motifs is 1. The Hall–Kier alpha value is -2.93. The minimum absolute atomic E-state index is 0.208. The van der Waals surface area contributed by atoms with Gasteiger partial charge in [0.25, 0.3) is 0 Å². The van der Waals surface area contributed by atoms with Crippen molar-refractivity contribution in [1.29, 1.82) is 0 Å². The van der Waals surface area contributed by atoms with Gasteiger partial charge in [0.15, 0.2) is 0 Å². The minimum Gasteiger partial charge on any atom is -0.380 e. The molecule has 144 valence electrons. The molecule has 3 heterocycles. The second-order valence-electron chi connectivity index (χ2n) is 7.74. The highest BCUT2D eigenvalue weighted by molar-refractivity contribution is 5.91. The number of aliphatic hydroxyl groups excluding tert-OH is 1. The summed E-state index contributed by atoms with van der Waals surface area (Å²) in [7, 11) is 1.80. The fourth-order valence-electron chi connectivity index (χ4n) is 4.21. The third-order valence-electron chi connectivity index (χ3n) is 6.01. The lowest BCUT2D eigenvalue weighted by atomic mass is 9.94. The topological polar surface area (TPSA) is 76.2 Å². The van der Waals surface area contributed by atoms with E-state index < -0.39 is 6.10 Å². The summed E-state index contributed by atoms with van der Waals surface area (Å²) < 4.78 is 3.55. The molecule has 7 heteroatoms. The molecule has 0 saturated heterocycles. The molecule has 0 unspecified atom stereocenters. The van der Waals surface area contributed by atoms with Crippen molar-refractivity contribution in [3.8, 4) is 0 Å². The Morgan fingerprint density at radius 3 is 2.64 bits per heavy atom. The predicted octanol–water partition coefficient (Wildman–Crippen LogP) is 1.77. The SMILES string of the molecule is Cn1nccc1[C@H](O)c1cc2n(n1)CCN(C(=O)C1(c3ccccc3)CC1)C2. The highest BCUT2D eigenvalue weighted by Gasteiger charge is 2.53. The van der Waals surface area contributed by atoms with Crippen LogP contribution in [0.5, 0.6) is 0 Å². The molecule has 2 aromatic heterocycles. The molecule has 1 fully saturated rings. The van der Waals surface area contributed by atoms with Crippen LogP contribution in [0.15, 0.2) is 48.7 Å². The number of benzene rings is 1. The monoisotopic (exact) mass is 377 g/mol. The van der Waals surface area contributed by atoms with Gasteiger partial charge in [-0.05, 0) is 30.5 Å². The van der Waals surface area contributed by atoms with E-state index in [0.29, 0.717) is 31.0 Å². The summed E-state index contributed by atoms with van der Waals surface area (Å²) in [4.78, 5) is 15.2. The minimum atomic E-state index is -0.825. The van der Waals surface area contributed by atoms with Crippen LogP contribution >= 0.6 is 0 Å². The number of aliphatic hydroxyl groups is 1. The zero-order valence-electron chi connectivity index (χ0n) is 15.8. The summed E-state index contributed by atoms with van der Waals surface area (Å²) in [5, 5.41) is 19.3. The molecular weight excluding hydrogens is 354 g/mol. The predicted molar refractivity (Wildman–Crippen MR) is 102 cm³/mol. The zero-order chi connectivity index (χ0) is 19.3. The standard InChI is InChI=1S/C21H23N5O2/c1-24-18(7-10-22-24)19(27)17-13-16-14-25(11-12-26(16)23-17)20(28)21(8-9-21)15-5-3-2-4-6-15/h2-7,10,13,19,27H,8-9,11-12,14H2,1H3/t19-/m1/s1. The number of aromatic nitrogens is 4.